The van der Waals surface area contributed by atoms with Crippen molar-refractivity contribution in [3.8, 4) is 0 Å². The molecule has 6 heteroatoms. The van der Waals surface area contributed by atoms with Crippen LogP contribution in [0, 0.1) is 0 Å². The first-order valence-electron chi connectivity index (χ1n) is 7.90. The Balaban J connectivity index is 1.59. The molecule has 1 aromatic carbocycles. The van der Waals surface area contributed by atoms with Crippen molar-refractivity contribution in [1.29, 1.82) is 0 Å². The number of amides is 1. The maximum absolute atomic E-state index is 11.8. The summed E-state index contributed by atoms with van der Waals surface area (Å²) in [5, 5.41) is 6.02. The highest BCUT2D eigenvalue weighted by atomic mass is 28.4. The first-order valence-corrected chi connectivity index (χ1v) is 10.4. The Bertz CT molecular complexity index is 474. The van der Waals surface area contributed by atoms with E-state index >= 15 is 0 Å². The summed E-state index contributed by atoms with van der Waals surface area (Å²) >= 11 is 0. The molecular formula is C16H26N2O3Si. The smallest absolute Gasteiger partial charge is 0.335 e. The fraction of sp³-hybridized carbons (Fsp3) is 0.562. The number of hydrogen-bond donors (Lipinski definition) is 2. The Morgan fingerprint density at radius 2 is 1.82 bits per heavy atom. The molecule has 0 radical (unpaired) electrons. The van der Waals surface area contributed by atoms with E-state index in [9.17, 15) is 4.79 Å². The highest BCUT2D eigenvalue weighted by molar-refractivity contribution is 6.66. The van der Waals surface area contributed by atoms with Gasteiger partial charge in [0.05, 0.1) is 18.8 Å². The summed E-state index contributed by atoms with van der Waals surface area (Å²) in [4.78, 5) is 11.8. The van der Waals surface area contributed by atoms with Gasteiger partial charge in [-0.25, -0.2) is 0 Å². The predicted molar refractivity (Wildman–Crippen MR) is 90.1 cm³/mol. The summed E-state index contributed by atoms with van der Waals surface area (Å²) in [6, 6.07) is 10.6. The Hall–Kier alpha value is -1.37. The molecule has 1 fully saturated rings. The van der Waals surface area contributed by atoms with Gasteiger partial charge in [0.2, 0.25) is 5.91 Å². The molecule has 1 amide bonds. The fourth-order valence-corrected chi connectivity index (χ4v) is 5.63. The van der Waals surface area contributed by atoms with E-state index in [2.05, 4.69) is 31.0 Å². The molecule has 1 aliphatic rings. The molecule has 0 saturated carbocycles. The van der Waals surface area contributed by atoms with Crippen molar-refractivity contribution < 1.29 is 13.6 Å². The van der Waals surface area contributed by atoms with Crippen LogP contribution in [0.4, 0.5) is 5.69 Å². The van der Waals surface area contributed by atoms with Gasteiger partial charge in [0.25, 0.3) is 0 Å². The summed E-state index contributed by atoms with van der Waals surface area (Å²) < 4.78 is 11.9. The van der Waals surface area contributed by atoms with Crippen molar-refractivity contribution in [1.82, 2.24) is 5.32 Å². The lowest BCUT2D eigenvalue weighted by atomic mass is 10.3. The van der Waals surface area contributed by atoms with Crippen LogP contribution in [-0.4, -0.2) is 39.8 Å². The third-order valence-electron chi connectivity index (χ3n) is 3.89. The normalized spacial score (nSPS) is 27.6. The minimum atomic E-state index is -2.02. The monoisotopic (exact) mass is 322 g/mol. The lowest BCUT2D eigenvalue weighted by molar-refractivity contribution is -0.119. The van der Waals surface area contributed by atoms with Gasteiger partial charge in [-0.3, -0.25) is 4.79 Å². The van der Waals surface area contributed by atoms with Gasteiger partial charge in [0.1, 0.15) is 0 Å². The van der Waals surface area contributed by atoms with Crippen LogP contribution in [0.15, 0.2) is 30.3 Å². The summed E-state index contributed by atoms with van der Waals surface area (Å²) in [6.07, 6.45) is 1.25. The van der Waals surface area contributed by atoms with Gasteiger partial charge in [0.15, 0.2) is 0 Å². The second-order valence-electron chi connectivity index (χ2n) is 5.95. The van der Waals surface area contributed by atoms with Gasteiger partial charge in [0, 0.05) is 12.2 Å². The van der Waals surface area contributed by atoms with E-state index in [1.54, 1.807) is 0 Å². The van der Waals surface area contributed by atoms with Crippen LogP contribution in [0.5, 0.6) is 0 Å². The van der Waals surface area contributed by atoms with Gasteiger partial charge >= 0.3 is 8.56 Å². The highest BCUT2D eigenvalue weighted by Crippen LogP contribution is 2.28. The van der Waals surface area contributed by atoms with Crippen LogP contribution >= 0.6 is 0 Å². The molecule has 1 heterocycles. The lowest BCUT2D eigenvalue weighted by Crippen LogP contribution is -2.35. The molecule has 0 aromatic heterocycles. The van der Waals surface area contributed by atoms with Crippen LogP contribution in [-0.2, 0) is 13.6 Å². The van der Waals surface area contributed by atoms with Crippen LogP contribution in [0.3, 0.4) is 0 Å². The van der Waals surface area contributed by atoms with Gasteiger partial charge < -0.3 is 19.5 Å². The summed E-state index contributed by atoms with van der Waals surface area (Å²) in [5.74, 6) is 0.00525. The number of para-hydroxylation sites is 1. The summed E-state index contributed by atoms with van der Waals surface area (Å²) in [5.41, 5.74) is 0.952. The van der Waals surface area contributed by atoms with Crippen LogP contribution < -0.4 is 10.6 Å². The molecule has 22 heavy (non-hydrogen) atoms. The number of hydrogen-bond acceptors (Lipinski definition) is 4. The van der Waals surface area contributed by atoms with Crippen LogP contribution in [0.25, 0.3) is 0 Å². The maximum atomic E-state index is 11.8. The average Bonchev–Trinajstić information content (AvgIpc) is 2.76. The van der Waals surface area contributed by atoms with Gasteiger partial charge in [-0.15, -0.1) is 0 Å². The van der Waals surface area contributed by atoms with Gasteiger partial charge in [-0.1, -0.05) is 18.2 Å². The Morgan fingerprint density at radius 3 is 2.45 bits per heavy atom. The molecule has 2 N–H and O–H groups in total. The molecule has 1 aromatic rings. The molecular weight excluding hydrogens is 296 g/mol. The minimum absolute atomic E-state index is 0.00525. The minimum Gasteiger partial charge on any atom is -0.389 e. The van der Waals surface area contributed by atoms with Crippen molar-refractivity contribution in [2.24, 2.45) is 0 Å². The number of carbonyl (C=O) groups is 1. The van der Waals surface area contributed by atoms with Crippen molar-refractivity contribution in [2.75, 3.05) is 18.4 Å². The molecule has 0 spiro atoms. The topological polar surface area (TPSA) is 59.6 Å². The highest BCUT2D eigenvalue weighted by Gasteiger charge is 2.42. The third-order valence-corrected chi connectivity index (χ3v) is 6.89. The van der Waals surface area contributed by atoms with Gasteiger partial charge in [-0.2, -0.15) is 0 Å². The number of rotatable bonds is 7. The number of carbonyl (C=O) groups excluding carboxylic acids is 1. The molecule has 1 saturated heterocycles. The molecule has 0 bridgehead atoms. The van der Waals surface area contributed by atoms with E-state index in [1.807, 2.05) is 30.3 Å². The van der Waals surface area contributed by atoms with E-state index in [1.165, 1.54) is 0 Å². The summed E-state index contributed by atoms with van der Waals surface area (Å²) in [7, 11) is -2.02. The van der Waals surface area contributed by atoms with Crippen molar-refractivity contribution in [3.63, 3.8) is 0 Å². The quantitative estimate of drug-likeness (QED) is 0.598. The summed E-state index contributed by atoms with van der Waals surface area (Å²) in [6.45, 7) is 7.17. The average molecular weight is 322 g/mol. The molecule has 1 aliphatic heterocycles. The molecule has 2 unspecified atom stereocenters. The zero-order valence-electron chi connectivity index (χ0n) is 13.6. The van der Waals surface area contributed by atoms with Crippen LogP contribution in [0.2, 0.25) is 12.6 Å². The third kappa shape index (κ3) is 5.12. The number of benzene rings is 1. The molecule has 122 valence electrons. The Morgan fingerprint density at radius 1 is 1.18 bits per heavy atom. The second-order valence-corrected chi connectivity index (χ2v) is 9.19. The van der Waals surface area contributed by atoms with Crippen molar-refractivity contribution >= 4 is 20.2 Å². The SMILES string of the molecule is CC1O[Si](C)(CCCNC(=O)CNc2ccccc2)OC1C. The van der Waals surface area contributed by atoms with Crippen molar-refractivity contribution in [2.45, 2.75) is 45.1 Å². The standard InChI is InChI=1S/C16H26N2O3Si/c1-13-14(2)21-22(3,20-13)11-7-10-17-16(19)12-18-15-8-5-4-6-9-15/h4-6,8-9,13-14,18H,7,10-12H2,1-3H3,(H,17,19). The molecule has 2 atom stereocenters. The van der Waals surface area contributed by atoms with Crippen molar-refractivity contribution in [3.05, 3.63) is 30.3 Å². The van der Waals surface area contributed by atoms with Gasteiger partial charge in [-0.05, 0) is 45.0 Å². The maximum Gasteiger partial charge on any atom is 0.335 e. The largest absolute Gasteiger partial charge is 0.389 e. The lowest BCUT2D eigenvalue weighted by Gasteiger charge is -2.19. The first-order chi connectivity index (χ1) is 10.5. The Kier molecular flexibility index (Phi) is 5.99. The molecule has 2 rings (SSSR count). The zero-order chi connectivity index (χ0) is 16.0. The van der Waals surface area contributed by atoms with E-state index in [0.717, 1.165) is 18.2 Å². The van der Waals surface area contributed by atoms with E-state index in [-0.39, 0.29) is 18.1 Å². The number of nitrogens with one attached hydrogen (secondary N) is 2. The first kappa shape index (κ1) is 17.0. The second kappa shape index (κ2) is 7.76. The van der Waals surface area contributed by atoms with E-state index in [4.69, 9.17) is 8.85 Å². The number of anilines is 1. The fourth-order valence-electron chi connectivity index (χ4n) is 2.56. The van der Waals surface area contributed by atoms with E-state index in [0.29, 0.717) is 13.1 Å². The Labute approximate surface area is 133 Å². The molecule has 5 nitrogen and oxygen atoms in total. The van der Waals surface area contributed by atoms with E-state index < -0.39 is 8.56 Å². The van der Waals surface area contributed by atoms with Crippen LogP contribution in [0.1, 0.15) is 20.3 Å². The molecule has 0 aliphatic carbocycles. The predicted octanol–water partition coefficient (Wildman–Crippen LogP) is 2.50. The zero-order valence-corrected chi connectivity index (χ0v) is 14.6.